The molecule has 0 fully saturated rings. The van der Waals surface area contributed by atoms with Gasteiger partial charge in [-0.05, 0) is 30.3 Å². The highest BCUT2D eigenvalue weighted by Gasteiger charge is 2.17. The molecular formula is C20H15ClN2O4. The molecule has 2 aromatic carbocycles. The second-order valence-corrected chi connectivity index (χ2v) is 6.03. The van der Waals surface area contributed by atoms with Crippen LogP contribution < -0.4 is 5.32 Å². The van der Waals surface area contributed by atoms with Crippen molar-refractivity contribution in [2.24, 2.45) is 0 Å². The summed E-state index contributed by atoms with van der Waals surface area (Å²) in [6.07, 6.45) is 1.58. The molecule has 6 nitrogen and oxygen atoms in total. The minimum absolute atomic E-state index is 0.245. The van der Waals surface area contributed by atoms with E-state index in [1.54, 1.807) is 48.7 Å². The van der Waals surface area contributed by atoms with E-state index in [1.807, 2.05) is 0 Å². The first kappa shape index (κ1) is 18.4. The monoisotopic (exact) mass is 382 g/mol. The van der Waals surface area contributed by atoms with E-state index in [2.05, 4.69) is 10.3 Å². The Kier molecular flexibility index (Phi) is 5.68. The summed E-state index contributed by atoms with van der Waals surface area (Å²) in [6.45, 7) is -0.487. The molecule has 0 aliphatic heterocycles. The Hall–Kier alpha value is -3.38. The lowest BCUT2D eigenvalue weighted by atomic mass is 10.0. The Balaban J connectivity index is 1.72. The third kappa shape index (κ3) is 4.62. The molecule has 0 spiro atoms. The first-order valence-corrected chi connectivity index (χ1v) is 8.42. The molecular weight excluding hydrogens is 368 g/mol. The van der Waals surface area contributed by atoms with Crippen LogP contribution >= 0.6 is 11.6 Å². The van der Waals surface area contributed by atoms with Crippen LogP contribution in [0.3, 0.4) is 0 Å². The van der Waals surface area contributed by atoms with Gasteiger partial charge in [-0.3, -0.25) is 9.59 Å². The van der Waals surface area contributed by atoms with E-state index in [4.69, 9.17) is 16.3 Å². The SMILES string of the molecule is O=C(COC(=O)c1ccc[nH]1)Nc1ccc(Cl)cc1C(=O)c1ccccc1. The zero-order valence-corrected chi connectivity index (χ0v) is 14.8. The quantitative estimate of drug-likeness (QED) is 0.502. The number of carbonyl (C=O) groups excluding carboxylic acids is 3. The molecule has 0 saturated heterocycles. The lowest BCUT2D eigenvalue weighted by Crippen LogP contribution is -2.22. The first-order chi connectivity index (χ1) is 13.0. The molecule has 7 heteroatoms. The Morgan fingerprint density at radius 2 is 1.78 bits per heavy atom. The molecule has 0 radical (unpaired) electrons. The summed E-state index contributed by atoms with van der Waals surface area (Å²) in [5, 5.41) is 2.95. The number of benzene rings is 2. The van der Waals surface area contributed by atoms with Crippen molar-refractivity contribution in [1.82, 2.24) is 4.98 Å². The van der Waals surface area contributed by atoms with Crippen molar-refractivity contribution in [3.8, 4) is 0 Å². The molecule has 0 aliphatic carbocycles. The molecule has 2 N–H and O–H groups in total. The second kappa shape index (κ2) is 8.33. The molecule has 3 rings (SSSR count). The number of aromatic amines is 1. The van der Waals surface area contributed by atoms with E-state index in [1.165, 1.54) is 18.2 Å². The van der Waals surface area contributed by atoms with Gasteiger partial charge in [0.1, 0.15) is 5.69 Å². The fourth-order valence-corrected chi connectivity index (χ4v) is 2.58. The van der Waals surface area contributed by atoms with Gasteiger partial charge in [-0.2, -0.15) is 0 Å². The van der Waals surface area contributed by atoms with Crippen molar-refractivity contribution < 1.29 is 19.1 Å². The van der Waals surface area contributed by atoms with Gasteiger partial charge in [0.15, 0.2) is 12.4 Å². The lowest BCUT2D eigenvalue weighted by Gasteiger charge is -2.11. The topological polar surface area (TPSA) is 88.3 Å². The number of halogens is 1. The van der Waals surface area contributed by atoms with Gasteiger partial charge in [0.05, 0.1) is 5.69 Å². The number of ketones is 1. The zero-order valence-electron chi connectivity index (χ0n) is 14.1. The van der Waals surface area contributed by atoms with Gasteiger partial charge in [-0.25, -0.2) is 4.79 Å². The van der Waals surface area contributed by atoms with Gasteiger partial charge >= 0.3 is 5.97 Å². The summed E-state index contributed by atoms with van der Waals surface area (Å²) in [5.41, 5.74) is 1.24. The van der Waals surface area contributed by atoms with Gasteiger partial charge in [0, 0.05) is 22.3 Å². The third-order valence-electron chi connectivity index (χ3n) is 3.69. The van der Waals surface area contributed by atoms with Crippen molar-refractivity contribution in [2.45, 2.75) is 0 Å². The van der Waals surface area contributed by atoms with E-state index in [0.29, 0.717) is 10.6 Å². The van der Waals surface area contributed by atoms with Gasteiger partial charge < -0.3 is 15.0 Å². The number of ether oxygens (including phenoxy) is 1. The van der Waals surface area contributed by atoms with Crippen LogP contribution in [0.5, 0.6) is 0 Å². The van der Waals surface area contributed by atoms with Crippen LogP contribution in [-0.2, 0) is 9.53 Å². The van der Waals surface area contributed by atoms with Crippen LogP contribution in [0.4, 0.5) is 5.69 Å². The van der Waals surface area contributed by atoms with Crippen molar-refractivity contribution in [3.05, 3.63) is 88.7 Å². The molecule has 0 bridgehead atoms. The smallest absolute Gasteiger partial charge is 0.355 e. The molecule has 1 aromatic heterocycles. The van der Waals surface area contributed by atoms with E-state index in [-0.39, 0.29) is 22.7 Å². The highest BCUT2D eigenvalue weighted by molar-refractivity contribution is 6.31. The van der Waals surface area contributed by atoms with Gasteiger partial charge in [0.2, 0.25) is 0 Å². The average molecular weight is 383 g/mol. The Bertz CT molecular complexity index is 969. The molecule has 0 aliphatic rings. The highest BCUT2D eigenvalue weighted by atomic mass is 35.5. The van der Waals surface area contributed by atoms with E-state index in [9.17, 15) is 14.4 Å². The summed E-state index contributed by atoms with van der Waals surface area (Å²) in [6, 6.07) is 16.4. The number of carbonyl (C=O) groups is 3. The van der Waals surface area contributed by atoms with Gasteiger partial charge in [0.25, 0.3) is 5.91 Å². The maximum Gasteiger partial charge on any atom is 0.355 e. The van der Waals surface area contributed by atoms with Crippen molar-refractivity contribution in [2.75, 3.05) is 11.9 Å². The van der Waals surface area contributed by atoms with Crippen LogP contribution in [-0.4, -0.2) is 29.3 Å². The van der Waals surface area contributed by atoms with Crippen LogP contribution in [0.25, 0.3) is 0 Å². The summed E-state index contributed by atoms with van der Waals surface area (Å²) in [4.78, 5) is 39.3. The molecule has 0 unspecified atom stereocenters. The number of amides is 1. The minimum Gasteiger partial charge on any atom is -0.451 e. The van der Waals surface area contributed by atoms with Gasteiger partial charge in [-0.15, -0.1) is 0 Å². The molecule has 1 heterocycles. The van der Waals surface area contributed by atoms with Crippen molar-refractivity contribution >= 4 is 34.9 Å². The number of rotatable bonds is 6. The number of hydrogen-bond donors (Lipinski definition) is 2. The largest absolute Gasteiger partial charge is 0.451 e. The molecule has 3 aromatic rings. The maximum absolute atomic E-state index is 12.7. The average Bonchev–Trinajstić information content (AvgIpc) is 3.22. The van der Waals surface area contributed by atoms with Crippen LogP contribution in [0.1, 0.15) is 26.4 Å². The maximum atomic E-state index is 12.7. The number of hydrogen-bond acceptors (Lipinski definition) is 4. The van der Waals surface area contributed by atoms with E-state index in [0.717, 1.165) is 0 Å². The van der Waals surface area contributed by atoms with Crippen LogP contribution in [0.2, 0.25) is 5.02 Å². The molecule has 27 heavy (non-hydrogen) atoms. The molecule has 136 valence electrons. The number of esters is 1. The van der Waals surface area contributed by atoms with E-state index >= 15 is 0 Å². The van der Waals surface area contributed by atoms with Crippen LogP contribution in [0, 0.1) is 0 Å². The normalized spacial score (nSPS) is 10.3. The molecule has 1 amide bonds. The van der Waals surface area contributed by atoms with E-state index < -0.39 is 18.5 Å². The fraction of sp³-hybridized carbons (Fsp3) is 0.0500. The number of H-pyrrole nitrogens is 1. The first-order valence-electron chi connectivity index (χ1n) is 8.04. The van der Waals surface area contributed by atoms with Crippen molar-refractivity contribution in [1.29, 1.82) is 0 Å². The number of nitrogens with one attached hydrogen (secondary N) is 2. The van der Waals surface area contributed by atoms with Gasteiger partial charge in [-0.1, -0.05) is 41.9 Å². The Labute approximate surface area is 160 Å². The van der Waals surface area contributed by atoms with Crippen LogP contribution in [0.15, 0.2) is 66.9 Å². The second-order valence-electron chi connectivity index (χ2n) is 5.59. The summed E-state index contributed by atoms with van der Waals surface area (Å²) < 4.78 is 4.94. The summed E-state index contributed by atoms with van der Waals surface area (Å²) in [7, 11) is 0. The molecule has 0 atom stereocenters. The predicted octanol–water partition coefficient (Wildman–Crippen LogP) is 3.69. The lowest BCUT2D eigenvalue weighted by molar-refractivity contribution is -0.119. The highest BCUT2D eigenvalue weighted by Crippen LogP contribution is 2.23. The predicted molar refractivity (Wildman–Crippen MR) is 101 cm³/mol. The summed E-state index contributed by atoms with van der Waals surface area (Å²) >= 11 is 6.01. The minimum atomic E-state index is -0.646. The third-order valence-corrected chi connectivity index (χ3v) is 3.92. The number of aromatic nitrogens is 1. The zero-order chi connectivity index (χ0) is 19.2. The number of anilines is 1. The molecule has 0 saturated carbocycles. The Morgan fingerprint density at radius 1 is 1.00 bits per heavy atom. The standard InChI is InChI=1S/C20H15ClN2O4/c21-14-8-9-16(15(11-14)19(25)13-5-2-1-3-6-13)23-18(24)12-27-20(26)17-7-4-10-22-17/h1-11,22H,12H2,(H,23,24). The van der Waals surface area contributed by atoms with Crippen molar-refractivity contribution in [3.63, 3.8) is 0 Å². The summed E-state index contributed by atoms with van der Waals surface area (Å²) in [5.74, 6) is -1.50. The fourth-order valence-electron chi connectivity index (χ4n) is 2.41. The Morgan fingerprint density at radius 3 is 2.48 bits per heavy atom.